The van der Waals surface area contributed by atoms with Gasteiger partial charge in [-0.25, -0.2) is 0 Å². The Balaban J connectivity index is 2.05. The minimum absolute atomic E-state index is 0.0831. The largest absolute Gasteiger partial charge is 0.391 e. The number of carbonyl (C=O) groups is 1. The van der Waals surface area contributed by atoms with Crippen LogP contribution in [-0.2, 0) is 4.79 Å². The second kappa shape index (κ2) is 5.13. The number of amides is 1. The van der Waals surface area contributed by atoms with E-state index in [1.54, 1.807) is 0 Å². The van der Waals surface area contributed by atoms with Crippen LogP contribution in [0.15, 0.2) is 0 Å². The molecule has 2 aliphatic heterocycles. The van der Waals surface area contributed by atoms with E-state index >= 15 is 0 Å². The van der Waals surface area contributed by atoms with Crippen LogP contribution < -0.4 is 5.32 Å². The molecule has 2 fully saturated rings. The van der Waals surface area contributed by atoms with Crippen LogP contribution >= 0.6 is 0 Å². The summed E-state index contributed by atoms with van der Waals surface area (Å²) in [7, 11) is 0. The predicted octanol–water partition coefficient (Wildman–Crippen LogP) is -1.70. The fourth-order valence-electron chi connectivity index (χ4n) is 3.20. The lowest BCUT2D eigenvalue weighted by molar-refractivity contribution is -0.119. The maximum absolute atomic E-state index is 10.9. The highest BCUT2D eigenvalue weighted by Gasteiger charge is 2.50. The van der Waals surface area contributed by atoms with Crippen molar-refractivity contribution < 1.29 is 20.1 Å². The second-order valence-corrected chi connectivity index (χ2v) is 5.49. The summed E-state index contributed by atoms with van der Waals surface area (Å²) < 4.78 is 0. The van der Waals surface area contributed by atoms with Crippen molar-refractivity contribution in [2.24, 2.45) is 5.92 Å². The molecule has 6 atom stereocenters. The fourth-order valence-corrected chi connectivity index (χ4v) is 3.20. The van der Waals surface area contributed by atoms with Gasteiger partial charge in [0.2, 0.25) is 5.91 Å². The summed E-state index contributed by atoms with van der Waals surface area (Å²) in [6.07, 6.45) is -1.81. The SMILES string of the molecule is CC(=O)NCC1C[C@@H](O)[C@@H]2[C@H](O)[C@H](O)CN2C1C. The summed E-state index contributed by atoms with van der Waals surface area (Å²) in [5, 5.41) is 32.4. The molecule has 0 bridgehead atoms. The van der Waals surface area contributed by atoms with Gasteiger partial charge in [-0.05, 0) is 19.3 Å². The van der Waals surface area contributed by atoms with Crippen molar-refractivity contribution in [3.63, 3.8) is 0 Å². The Hall–Kier alpha value is -0.690. The molecule has 104 valence electrons. The normalized spacial score (nSPS) is 44.7. The van der Waals surface area contributed by atoms with Crippen LogP contribution in [0.3, 0.4) is 0 Å². The molecule has 0 aliphatic carbocycles. The highest BCUT2D eigenvalue weighted by molar-refractivity contribution is 5.72. The third kappa shape index (κ3) is 2.38. The molecule has 18 heavy (non-hydrogen) atoms. The Morgan fingerprint density at radius 1 is 1.33 bits per heavy atom. The van der Waals surface area contributed by atoms with Gasteiger partial charge in [0.05, 0.1) is 24.4 Å². The lowest BCUT2D eigenvalue weighted by Gasteiger charge is -2.44. The molecule has 2 saturated heterocycles. The second-order valence-electron chi connectivity index (χ2n) is 5.49. The van der Waals surface area contributed by atoms with E-state index in [0.29, 0.717) is 19.5 Å². The van der Waals surface area contributed by atoms with Crippen molar-refractivity contribution >= 4 is 5.91 Å². The minimum Gasteiger partial charge on any atom is -0.391 e. The molecule has 0 spiro atoms. The molecule has 2 heterocycles. The van der Waals surface area contributed by atoms with E-state index in [-0.39, 0.29) is 23.9 Å². The highest BCUT2D eigenvalue weighted by Crippen LogP contribution is 2.34. The molecule has 2 unspecified atom stereocenters. The molecule has 0 aromatic rings. The van der Waals surface area contributed by atoms with Crippen molar-refractivity contribution in [3.8, 4) is 0 Å². The number of nitrogens with one attached hydrogen (secondary N) is 1. The lowest BCUT2D eigenvalue weighted by atomic mass is 9.84. The Labute approximate surface area is 107 Å². The highest BCUT2D eigenvalue weighted by atomic mass is 16.3. The maximum Gasteiger partial charge on any atom is 0.216 e. The van der Waals surface area contributed by atoms with Gasteiger partial charge in [0.15, 0.2) is 0 Å². The van der Waals surface area contributed by atoms with Gasteiger partial charge >= 0.3 is 0 Å². The first-order valence-corrected chi connectivity index (χ1v) is 6.46. The fraction of sp³-hybridized carbons (Fsp3) is 0.917. The van der Waals surface area contributed by atoms with Gasteiger partial charge in [-0.15, -0.1) is 0 Å². The van der Waals surface area contributed by atoms with Gasteiger partial charge < -0.3 is 20.6 Å². The quantitative estimate of drug-likeness (QED) is 0.474. The summed E-state index contributed by atoms with van der Waals surface area (Å²) in [6, 6.07) is -0.263. The average Bonchev–Trinajstić information content (AvgIpc) is 2.59. The van der Waals surface area contributed by atoms with Crippen LogP contribution in [0.4, 0.5) is 0 Å². The zero-order valence-electron chi connectivity index (χ0n) is 10.8. The predicted molar refractivity (Wildman–Crippen MR) is 64.8 cm³/mol. The number of hydrogen-bond donors (Lipinski definition) is 4. The Kier molecular flexibility index (Phi) is 3.91. The first-order chi connectivity index (χ1) is 8.41. The van der Waals surface area contributed by atoms with E-state index in [0.717, 1.165) is 0 Å². The van der Waals surface area contributed by atoms with Crippen LogP contribution in [0.5, 0.6) is 0 Å². The number of aliphatic hydroxyl groups excluding tert-OH is 3. The van der Waals surface area contributed by atoms with E-state index < -0.39 is 18.3 Å². The van der Waals surface area contributed by atoms with Crippen LogP contribution in [0.1, 0.15) is 20.3 Å². The van der Waals surface area contributed by atoms with Gasteiger partial charge in [-0.3, -0.25) is 9.69 Å². The molecule has 0 aromatic carbocycles. The standard InChI is InChI=1S/C12H22N2O4/c1-6-8(4-13-7(2)15)3-9(16)11-12(18)10(17)5-14(6)11/h6,8-12,16-18H,3-5H2,1-2H3,(H,13,15)/t6?,8?,9-,10-,11-,12-/m1/s1. The molecule has 1 amide bonds. The van der Waals surface area contributed by atoms with E-state index in [1.165, 1.54) is 6.92 Å². The number of nitrogens with zero attached hydrogens (tertiary/aromatic N) is 1. The summed E-state index contributed by atoms with van der Waals surface area (Å²) in [4.78, 5) is 12.9. The number of rotatable bonds is 2. The van der Waals surface area contributed by atoms with Crippen LogP contribution in [0.25, 0.3) is 0 Å². The minimum atomic E-state index is -0.885. The van der Waals surface area contributed by atoms with E-state index in [9.17, 15) is 20.1 Å². The average molecular weight is 258 g/mol. The topological polar surface area (TPSA) is 93.0 Å². The monoisotopic (exact) mass is 258 g/mol. The number of carbonyl (C=O) groups excluding carboxylic acids is 1. The number of aliphatic hydroxyl groups is 3. The van der Waals surface area contributed by atoms with E-state index in [1.807, 2.05) is 11.8 Å². The van der Waals surface area contributed by atoms with Crippen molar-refractivity contribution in [1.82, 2.24) is 10.2 Å². The first-order valence-electron chi connectivity index (χ1n) is 6.46. The number of hydrogen-bond acceptors (Lipinski definition) is 5. The number of piperidine rings is 1. The molecule has 0 radical (unpaired) electrons. The van der Waals surface area contributed by atoms with Gasteiger partial charge in [0.1, 0.15) is 0 Å². The Bertz CT molecular complexity index is 325. The molecule has 2 rings (SSSR count). The molecular formula is C12H22N2O4. The summed E-state index contributed by atoms with van der Waals surface area (Å²) in [5.41, 5.74) is 0. The smallest absolute Gasteiger partial charge is 0.216 e. The first kappa shape index (κ1) is 13.7. The van der Waals surface area contributed by atoms with Crippen LogP contribution in [-0.4, -0.2) is 69.6 Å². The third-order valence-corrected chi connectivity index (χ3v) is 4.28. The van der Waals surface area contributed by atoms with Crippen molar-refractivity contribution in [2.75, 3.05) is 13.1 Å². The van der Waals surface area contributed by atoms with Crippen LogP contribution in [0.2, 0.25) is 0 Å². The molecule has 6 heteroatoms. The van der Waals surface area contributed by atoms with Crippen molar-refractivity contribution in [2.45, 2.75) is 50.7 Å². The molecule has 0 aromatic heterocycles. The molecule has 0 saturated carbocycles. The number of fused-ring (bicyclic) bond motifs is 1. The van der Waals surface area contributed by atoms with Gasteiger partial charge in [-0.1, -0.05) is 0 Å². The molecular weight excluding hydrogens is 236 g/mol. The zero-order valence-corrected chi connectivity index (χ0v) is 10.8. The van der Waals surface area contributed by atoms with Gasteiger partial charge in [0, 0.05) is 26.1 Å². The summed E-state index contributed by atoms with van der Waals surface area (Å²) in [5.74, 6) is 0.0537. The van der Waals surface area contributed by atoms with Gasteiger partial charge in [-0.2, -0.15) is 0 Å². The Morgan fingerprint density at radius 3 is 2.61 bits per heavy atom. The lowest BCUT2D eigenvalue weighted by Crippen LogP contribution is -2.57. The summed E-state index contributed by atoms with van der Waals surface area (Å²) in [6.45, 7) is 4.37. The van der Waals surface area contributed by atoms with Gasteiger partial charge in [0.25, 0.3) is 0 Å². The van der Waals surface area contributed by atoms with E-state index in [4.69, 9.17) is 0 Å². The Morgan fingerprint density at radius 2 is 2.00 bits per heavy atom. The summed E-state index contributed by atoms with van der Waals surface area (Å²) >= 11 is 0. The molecule has 4 N–H and O–H groups in total. The van der Waals surface area contributed by atoms with Crippen molar-refractivity contribution in [3.05, 3.63) is 0 Å². The third-order valence-electron chi connectivity index (χ3n) is 4.28. The van der Waals surface area contributed by atoms with E-state index in [2.05, 4.69) is 5.32 Å². The molecule has 2 aliphatic rings. The molecule has 6 nitrogen and oxygen atoms in total. The van der Waals surface area contributed by atoms with Crippen LogP contribution in [0, 0.1) is 5.92 Å². The zero-order chi connectivity index (χ0) is 13.4. The maximum atomic E-state index is 10.9. The van der Waals surface area contributed by atoms with Crippen molar-refractivity contribution in [1.29, 1.82) is 0 Å².